The van der Waals surface area contributed by atoms with Crippen molar-refractivity contribution in [2.24, 2.45) is 4.99 Å². The second-order valence-electron chi connectivity index (χ2n) is 4.00. The minimum Gasteiger partial charge on any atom is -0.296 e. The van der Waals surface area contributed by atoms with Crippen LogP contribution >= 0.6 is 11.2 Å². The van der Waals surface area contributed by atoms with E-state index in [1.54, 1.807) is 0 Å². The highest BCUT2D eigenvalue weighted by atomic mass is 32.4. The Bertz CT molecular complexity index is 140. The van der Waals surface area contributed by atoms with Gasteiger partial charge >= 0.3 is 0 Å². The highest BCUT2D eigenvalue weighted by Gasteiger charge is 2.17. The molecule has 1 nitrogen and oxygen atoms in total. The SMILES string of the molecule is CC/C=N/CC(C)S[Si](C)(C)C. The summed E-state index contributed by atoms with van der Waals surface area (Å²) in [5, 5.41) is 0.694. The van der Waals surface area contributed by atoms with Crippen LogP contribution in [0, 0.1) is 0 Å². The molecule has 0 saturated carbocycles. The van der Waals surface area contributed by atoms with Crippen LogP contribution < -0.4 is 0 Å². The Morgan fingerprint density at radius 3 is 2.42 bits per heavy atom. The third-order valence-corrected chi connectivity index (χ3v) is 5.82. The lowest BCUT2D eigenvalue weighted by Crippen LogP contribution is -2.20. The number of nitrogens with zero attached hydrogens (tertiary/aromatic N) is 1. The molecule has 0 aliphatic carbocycles. The molecule has 0 N–H and O–H groups in total. The molecule has 0 aromatic rings. The normalized spacial score (nSPS) is 15.4. The standard InChI is InChI=1S/C9H21NSSi/c1-6-7-10-8-9(2)11-12(3,4)5/h7,9H,6,8H2,1-5H3/b10-7+. The zero-order valence-electron chi connectivity index (χ0n) is 8.92. The van der Waals surface area contributed by atoms with Crippen molar-refractivity contribution in [1.82, 2.24) is 0 Å². The maximum Gasteiger partial charge on any atom is 0.108 e. The molecule has 0 aromatic carbocycles. The first-order chi connectivity index (χ1) is 5.45. The molecule has 0 aliphatic rings. The maximum atomic E-state index is 4.35. The molecule has 0 amide bonds. The summed E-state index contributed by atoms with van der Waals surface area (Å²) in [4.78, 5) is 4.35. The summed E-state index contributed by atoms with van der Waals surface area (Å²) in [7, 11) is -0.938. The van der Waals surface area contributed by atoms with E-state index in [1.165, 1.54) is 0 Å². The highest BCUT2D eigenvalue weighted by molar-refractivity contribution is 8.29. The Labute approximate surface area is 81.7 Å². The Hall–Kier alpha value is 0.237. The lowest BCUT2D eigenvalue weighted by molar-refractivity contribution is 0.956. The van der Waals surface area contributed by atoms with Crippen LogP contribution in [0.3, 0.4) is 0 Å². The fourth-order valence-electron chi connectivity index (χ4n) is 0.993. The number of rotatable bonds is 5. The molecule has 0 spiro atoms. The fraction of sp³-hybridized carbons (Fsp3) is 0.889. The van der Waals surface area contributed by atoms with Crippen LogP contribution in [0.15, 0.2) is 4.99 Å². The minimum atomic E-state index is -0.938. The molecular formula is C9H21NSSi. The van der Waals surface area contributed by atoms with Crippen LogP contribution in [0.4, 0.5) is 0 Å². The molecule has 0 radical (unpaired) electrons. The first kappa shape index (κ1) is 12.2. The molecule has 72 valence electrons. The van der Waals surface area contributed by atoms with Gasteiger partial charge in [0.25, 0.3) is 0 Å². The molecule has 1 unspecified atom stereocenters. The second-order valence-corrected chi connectivity index (χ2v) is 13.6. The topological polar surface area (TPSA) is 12.4 Å². The molecule has 0 heterocycles. The van der Waals surface area contributed by atoms with Gasteiger partial charge in [-0.1, -0.05) is 33.5 Å². The maximum absolute atomic E-state index is 4.35. The summed E-state index contributed by atoms with van der Waals surface area (Å²) in [5.41, 5.74) is 0. The molecule has 0 saturated heterocycles. The van der Waals surface area contributed by atoms with Crippen LogP contribution in [-0.2, 0) is 0 Å². The van der Waals surface area contributed by atoms with Crippen LogP contribution in [-0.4, -0.2) is 25.2 Å². The summed E-state index contributed by atoms with van der Waals surface area (Å²) in [6.07, 6.45) is 3.08. The highest BCUT2D eigenvalue weighted by Crippen LogP contribution is 2.24. The van der Waals surface area contributed by atoms with Gasteiger partial charge in [0.2, 0.25) is 0 Å². The smallest absolute Gasteiger partial charge is 0.108 e. The predicted molar refractivity (Wildman–Crippen MR) is 64.0 cm³/mol. The van der Waals surface area contributed by atoms with Gasteiger partial charge < -0.3 is 0 Å². The van der Waals surface area contributed by atoms with E-state index in [1.807, 2.05) is 6.21 Å². The number of aliphatic imine (C=N–C) groups is 1. The van der Waals surface area contributed by atoms with Gasteiger partial charge in [0.05, 0.1) is 0 Å². The Kier molecular flexibility index (Phi) is 5.92. The van der Waals surface area contributed by atoms with Crippen LogP contribution in [0.1, 0.15) is 20.3 Å². The summed E-state index contributed by atoms with van der Waals surface area (Å²) in [6.45, 7) is 12.5. The van der Waals surface area contributed by atoms with Crippen molar-refractivity contribution in [1.29, 1.82) is 0 Å². The van der Waals surface area contributed by atoms with Gasteiger partial charge in [0.15, 0.2) is 0 Å². The van der Waals surface area contributed by atoms with Crippen molar-refractivity contribution in [2.75, 3.05) is 6.54 Å². The molecule has 12 heavy (non-hydrogen) atoms. The van der Waals surface area contributed by atoms with E-state index in [0.717, 1.165) is 13.0 Å². The molecule has 0 aliphatic heterocycles. The van der Waals surface area contributed by atoms with Crippen molar-refractivity contribution in [3.05, 3.63) is 0 Å². The van der Waals surface area contributed by atoms with E-state index in [9.17, 15) is 0 Å². The second kappa shape index (κ2) is 5.81. The van der Waals surface area contributed by atoms with E-state index in [0.29, 0.717) is 5.25 Å². The van der Waals surface area contributed by atoms with Crippen molar-refractivity contribution in [3.8, 4) is 0 Å². The summed E-state index contributed by atoms with van der Waals surface area (Å²) < 4.78 is 0. The van der Waals surface area contributed by atoms with E-state index in [4.69, 9.17) is 0 Å². The largest absolute Gasteiger partial charge is 0.296 e. The van der Waals surface area contributed by atoms with E-state index in [2.05, 4.69) is 49.7 Å². The Balaban J connectivity index is 3.60. The lowest BCUT2D eigenvalue weighted by Gasteiger charge is -2.19. The van der Waals surface area contributed by atoms with Gasteiger partial charge in [0.1, 0.15) is 7.22 Å². The predicted octanol–water partition coefficient (Wildman–Crippen LogP) is 3.42. The molecule has 1 atom stereocenters. The first-order valence-corrected chi connectivity index (χ1v) is 9.72. The van der Waals surface area contributed by atoms with Gasteiger partial charge in [-0.2, -0.15) is 11.2 Å². The Morgan fingerprint density at radius 2 is 2.00 bits per heavy atom. The van der Waals surface area contributed by atoms with Crippen LogP contribution in [0.25, 0.3) is 0 Å². The Morgan fingerprint density at radius 1 is 1.42 bits per heavy atom. The van der Waals surface area contributed by atoms with Gasteiger partial charge in [-0.25, -0.2) is 0 Å². The van der Waals surface area contributed by atoms with E-state index >= 15 is 0 Å². The lowest BCUT2D eigenvalue weighted by atomic mass is 10.5. The third kappa shape index (κ3) is 8.33. The van der Waals surface area contributed by atoms with Crippen LogP contribution in [0.2, 0.25) is 19.6 Å². The van der Waals surface area contributed by atoms with E-state index < -0.39 is 7.22 Å². The zero-order chi connectivity index (χ0) is 9.61. The number of hydrogen-bond acceptors (Lipinski definition) is 2. The van der Waals surface area contributed by atoms with E-state index in [-0.39, 0.29) is 0 Å². The van der Waals surface area contributed by atoms with Crippen molar-refractivity contribution in [3.63, 3.8) is 0 Å². The van der Waals surface area contributed by atoms with Gasteiger partial charge in [0, 0.05) is 11.8 Å². The quantitative estimate of drug-likeness (QED) is 0.493. The molecule has 0 rings (SSSR count). The zero-order valence-corrected chi connectivity index (χ0v) is 10.7. The summed E-state index contributed by atoms with van der Waals surface area (Å²) in [6, 6.07) is 0. The van der Waals surface area contributed by atoms with Crippen molar-refractivity contribution < 1.29 is 0 Å². The fourth-order valence-corrected chi connectivity index (χ4v) is 6.21. The molecule has 0 aromatic heterocycles. The summed E-state index contributed by atoms with van der Waals surface area (Å²) in [5.74, 6) is 0. The first-order valence-electron chi connectivity index (χ1n) is 4.62. The minimum absolute atomic E-state index is 0.694. The van der Waals surface area contributed by atoms with Crippen molar-refractivity contribution in [2.45, 2.75) is 45.2 Å². The monoisotopic (exact) mass is 203 g/mol. The van der Waals surface area contributed by atoms with Crippen LogP contribution in [0.5, 0.6) is 0 Å². The van der Waals surface area contributed by atoms with Gasteiger partial charge in [-0.15, -0.1) is 0 Å². The van der Waals surface area contributed by atoms with Gasteiger partial charge in [-0.3, -0.25) is 4.99 Å². The third-order valence-electron chi connectivity index (χ3n) is 1.23. The van der Waals surface area contributed by atoms with Crippen molar-refractivity contribution >= 4 is 24.6 Å². The van der Waals surface area contributed by atoms with Gasteiger partial charge in [-0.05, 0) is 12.6 Å². The average Bonchev–Trinajstić information content (AvgIpc) is 1.84. The molecule has 0 bridgehead atoms. The molecule has 3 heteroatoms. The average molecular weight is 203 g/mol. The molecule has 0 fully saturated rings. The summed E-state index contributed by atoms with van der Waals surface area (Å²) >= 11 is 2.13. The molecular weight excluding hydrogens is 182 g/mol. The number of hydrogen-bond donors (Lipinski definition) is 0.